The Balaban J connectivity index is 0.000000396. The van der Waals surface area contributed by atoms with Crippen LogP contribution < -0.4 is 0 Å². The van der Waals surface area contributed by atoms with Gasteiger partial charge in [-0.25, -0.2) is 0 Å². The Hall–Kier alpha value is 0. The van der Waals surface area contributed by atoms with Crippen LogP contribution in [0.25, 0.3) is 0 Å². The first-order valence-electron chi connectivity index (χ1n) is 6.14. The van der Waals surface area contributed by atoms with Gasteiger partial charge < -0.3 is 0 Å². The maximum Gasteiger partial charge on any atom is -0.0272 e. The third kappa shape index (κ3) is 1.65. The minimum atomic E-state index is 0.711. The molecule has 0 heteroatoms. The molecule has 0 aromatic carbocycles. The monoisotopic (exact) mass is 182 g/mol. The van der Waals surface area contributed by atoms with Gasteiger partial charge in [0, 0.05) is 0 Å². The van der Waals surface area contributed by atoms with Gasteiger partial charge in [0.1, 0.15) is 0 Å². The van der Waals surface area contributed by atoms with Crippen LogP contribution in [-0.4, -0.2) is 0 Å². The Bertz CT molecular complexity index is 159. The van der Waals surface area contributed by atoms with Gasteiger partial charge in [-0.15, -0.1) is 0 Å². The lowest BCUT2D eigenvalue weighted by atomic mass is 9.62. The Labute approximate surface area is 84.1 Å². The fourth-order valence-electron chi connectivity index (χ4n) is 3.18. The minimum absolute atomic E-state index is 0.711. The van der Waals surface area contributed by atoms with Crippen molar-refractivity contribution in [3.63, 3.8) is 0 Å². The van der Waals surface area contributed by atoms with Crippen molar-refractivity contribution in [3.05, 3.63) is 0 Å². The first-order valence-corrected chi connectivity index (χ1v) is 6.14. The zero-order valence-electron chi connectivity index (χ0n) is 10.1. The average molecular weight is 182 g/mol. The predicted octanol–water partition coefficient (Wildman–Crippen LogP) is 4.49. The lowest BCUT2D eigenvalue weighted by molar-refractivity contribution is 0.0589. The van der Waals surface area contributed by atoms with Gasteiger partial charge in [-0.3, -0.25) is 0 Å². The van der Waals surface area contributed by atoms with E-state index in [1.54, 1.807) is 0 Å². The van der Waals surface area contributed by atoms with E-state index in [-0.39, 0.29) is 0 Å². The number of hydrogen-bond donors (Lipinski definition) is 0. The largest absolute Gasteiger partial charge is 0.0683 e. The van der Waals surface area contributed by atoms with Gasteiger partial charge in [-0.2, -0.15) is 0 Å². The molecule has 2 fully saturated rings. The van der Waals surface area contributed by atoms with E-state index in [4.69, 9.17) is 0 Å². The van der Waals surface area contributed by atoms with Crippen LogP contribution in [0.5, 0.6) is 0 Å². The van der Waals surface area contributed by atoms with Gasteiger partial charge in [0.2, 0.25) is 0 Å². The van der Waals surface area contributed by atoms with Gasteiger partial charge in [0.25, 0.3) is 0 Å². The molecule has 13 heavy (non-hydrogen) atoms. The second kappa shape index (κ2) is 4.02. The summed E-state index contributed by atoms with van der Waals surface area (Å²) in [6.07, 6.45) is 6.09. The normalized spacial score (nSPS) is 42.0. The summed E-state index contributed by atoms with van der Waals surface area (Å²) in [4.78, 5) is 0. The molecule has 0 N–H and O–H groups in total. The highest BCUT2D eigenvalue weighted by atomic mass is 14.6. The summed E-state index contributed by atoms with van der Waals surface area (Å²) in [6, 6.07) is 0. The molecule has 2 aliphatic carbocycles. The van der Waals surface area contributed by atoms with Crippen molar-refractivity contribution in [3.8, 4) is 0 Å². The van der Waals surface area contributed by atoms with Gasteiger partial charge in [0.15, 0.2) is 0 Å². The minimum Gasteiger partial charge on any atom is -0.0683 e. The lowest BCUT2D eigenvalue weighted by Gasteiger charge is -2.43. The third-order valence-electron chi connectivity index (χ3n) is 4.64. The van der Waals surface area contributed by atoms with Crippen LogP contribution in [0, 0.1) is 23.2 Å². The van der Waals surface area contributed by atoms with Crippen LogP contribution in [0.2, 0.25) is 0 Å². The number of rotatable bonds is 1. The highest BCUT2D eigenvalue weighted by Crippen LogP contribution is 2.60. The zero-order valence-corrected chi connectivity index (χ0v) is 10.1. The summed E-state index contributed by atoms with van der Waals surface area (Å²) in [7, 11) is 0. The standard InChI is InChI=1S/C11H20.C2H6/c1-8(2)11(3)7-6-9-4-5-10(9)11;1-2/h8-10H,4-7H2,1-3H3;1-2H3. The summed E-state index contributed by atoms with van der Waals surface area (Å²) in [5.41, 5.74) is 0.711. The summed E-state index contributed by atoms with van der Waals surface area (Å²) in [6.45, 7) is 11.3. The van der Waals surface area contributed by atoms with Crippen molar-refractivity contribution in [1.29, 1.82) is 0 Å². The molecule has 3 unspecified atom stereocenters. The molecule has 3 atom stereocenters. The molecular formula is C13H26. The number of hydrogen-bond acceptors (Lipinski definition) is 0. The first-order chi connectivity index (χ1) is 6.14. The van der Waals surface area contributed by atoms with E-state index in [1.165, 1.54) is 25.7 Å². The van der Waals surface area contributed by atoms with Crippen LogP contribution in [0.3, 0.4) is 0 Å². The molecule has 0 aromatic rings. The Morgan fingerprint density at radius 2 is 1.69 bits per heavy atom. The molecule has 2 rings (SSSR count). The van der Waals surface area contributed by atoms with Gasteiger partial charge >= 0.3 is 0 Å². The quantitative estimate of drug-likeness (QED) is 0.560. The molecule has 0 spiro atoms. The van der Waals surface area contributed by atoms with E-state index in [0.717, 1.165) is 17.8 Å². The van der Waals surface area contributed by atoms with E-state index < -0.39 is 0 Å². The van der Waals surface area contributed by atoms with Crippen LogP contribution in [0.1, 0.15) is 60.3 Å². The summed E-state index contributed by atoms with van der Waals surface area (Å²) in [5.74, 6) is 3.13. The topological polar surface area (TPSA) is 0 Å². The number of fused-ring (bicyclic) bond motifs is 1. The molecular weight excluding hydrogens is 156 g/mol. The fraction of sp³-hybridized carbons (Fsp3) is 1.00. The van der Waals surface area contributed by atoms with Gasteiger partial charge in [0.05, 0.1) is 0 Å². The van der Waals surface area contributed by atoms with E-state index in [1.807, 2.05) is 13.8 Å². The van der Waals surface area contributed by atoms with Crippen molar-refractivity contribution < 1.29 is 0 Å². The summed E-state index contributed by atoms with van der Waals surface area (Å²) in [5, 5.41) is 0. The van der Waals surface area contributed by atoms with Gasteiger partial charge in [-0.1, -0.05) is 34.6 Å². The van der Waals surface area contributed by atoms with Crippen LogP contribution in [0.4, 0.5) is 0 Å². The van der Waals surface area contributed by atoms with Crippen molar-refractivity contribution >= 4 is 0 Å². The zero-order chi connectivity index (χ0) is 10.1. The Morgan fingerprint density at radius 3 is 1.92 bits per heavy atom. The molecule has 0 radical (unpaired) electrons. The third-order valence-corrected chi connectivity index (χ3v) is 4.64. The van der Waals surface area contributed by atoms with Gasteiger partial charge in [-0.05, 0) is 48.9 Å². The molecule has 2 saturated carbocycles. The van der Waals surface area contributed by atoms with Crippen molar-refractivity contribution in [2.45, 2.75) is 60.3 Å². The van der Waals surface area contributed by atoms with Crippen LogP contribution in [-0.2, 0) is 0 Å². The summed E-state index contributed by atoms with van der Waals surface area (Å²) < 4.78 is 0. The SMILES string of the molecule is CC.CC(C)C1(C)CCC2CCC21. The molecule has 0 bridgehead atoms. The smallest absolute Gasteiger partial charge is 0.0272 e. The molecule has 0 heterocycles. The first kappa shape index (κ1) is 11.1. The van der Waals surface area contributed by atoms with Crippen molar-refractivity contribution in [2.24, 2.45) is 23.2 Å². The average Bonchev–Trinajstić information content (AvgIpc) is 2.27. The van der Waals surface area contributed by atoms with E-state index in [9.17, 15) is 0 Å². The van der Waals surface area contributed by atoms with Crippen molar-refractivity contribution in [2.75, 3.05) is 0 Å². The maximum atomic E-state index is 2.52. The Morgan fingerprint density at radius 1 is 1.08 bits per heavy atom. The molecule has 0 amide bonds. The predicted molar refractivity (Wildman–Crippen MR) is 59.7 cm³/mol. The highest BCUT2D eigenvalue weighted by molar-refractivity contribution is 5.00. The fourth-order valence-corrected chi connectivity index (χ4v) is 3.18. The Kier molecular flexibility index (Phi) is 3.43. The molecule has 78 valence electrons. The van der Waals surface area contributed by atoms with E-state index in [0.29, 0.717) is 5.41 Å². The van der Waals surface area contributed by atoms with Crippen LogP contribution in [0.15, 0.2) is 0 Å². The molecule has 2 aliphatic rings. The molecule has 0 aliphatic heterocycles. The summed E-state index contributed by atoms with van der Waals surface area (Å²) >= 11 is 0. The lowest BCUT2D eigenvalue weighted by Crippen LogP contribution is -2.35. The van der Waals surface area contributed by atoms with Crippen molar-refractivity contribution in [1.82, 2.24) is 0 Å². The second-order valence-corrected chi connectivity index (χ2v) is 5.14. The van der Waals surface area contributed by atoms with Crippen LogP contribution >= 0.6 is 0 Å². The maximum absolute atomic E-state index is 2.52. The highest BCUT2D eigenvalue weighted by Gasteiger charge is 2.50. The molecule has 0 nitrogen and oxygen atoms in total. The molecule has 0 aromatic heterocycles. The molecule has 0 saturated heterocycles. The van der Waals surface area contributed by atoms with E-state index >= 15 is 0 Å². The second-order valence-electron chi connectivity index (χ2n) is 5.14. The van der Waals surface area contributed by atoms with E-state index in [2.05, 4.69) is 20.8 Å².